The van der Waals surface area contributed by atoms with Crippen LogP contribution in [0.2, 0.25) is 0 Å². The molecule has 2 rings (SSSR count). The maximum Gasteiger partial charge on any atom is 0.264 e. The van der Waals surface area contributed by atoms with Gasteiger partial charge in [0.2, 0.25) is 0 Å². The number of aliphatic hydroxyl groups is 1. The van der Waals surface area contributed by atoms with E-state index in [1.54, 1.807) is 0 Å². The molecule has 0 saturated heterocycles. The fraction of sp³-hybridized carbons (Fsp3) is 0.0909. The van der Waals surface area contributed by atoms with Gasteiger partial charge in [-0.2, -0.15) is 0 Å². The zero-order valence-corrected chi connectivity index (χ0v) is 14.8. The summed E-state index contributed by atoms with van der Waals surface area (Å²) in [6, 6.07) is 2.79. The minimum atomic E-state index is -4.08. The van der Waals surface area contributed by atoms with Gasteiger partial charge in [0.15, 0.2) is 5.82 Å². The van der Waals surface area contributed by atoms with E-state index in [1.165, 1.54) is 6.07 Å². The van der Waals surface area contributed by atoms with E-state index in [2.05, 4.69) is 36.6 Å². The van der Waals surface area contributed by atoms with Crippen LogP contribution in [0.4, 0.5) is 14.5 Å². The molecule has 4 nitrogen and oxygen atoms in total. The third-order valence-electron chi connectivity index (χ3n) is 2.40. The highest BCUT2D eigenvalue weighted by molar-refractivity contribution is 9.11. The Bertz CT molecular complexity index is 770. The molecule has 21 heavy (non-hydrogen) atoms. The van der Waals surface area contributed by atoms with E-state index in [4.69, 9.17) is 5.11 Å². The highest BCUT2D eigenvalue weighted by atomic mass is 79.9. The lowest BCUT2D eigenvalue weighted by Crippen LogP contribution is -2.14. The third kappa shape index (κ3) is 3.62. The summed E-state index contributed by atoms with van der Waals surface area (Å²) >= 11 is 7.03. The number of anilines is 1. The van der Waals surface area contributed by atoms with Crippen molar-refractivity contribution in [2.75, 3.05) is 4.72 Å². The van der Waals surface area contributed by atoms with Crippen molar-refractivity contribution in [1.82, 2.24) is 0 Å². The van der Waals surface area contributed by atoms with Gasteiger partial charge in [-0.25, -0.2) is 17.2 Å². The molecule has 0 aliphatic heterocycles. The minimum Gasteiger partial charge on any atom is -0.391 e. The summed E-state index contributed by atoms with van der Waals surface area (Å²) in [5.41, 5.74) is -0.389. The molecule has 2 N–H and O–H groups in total. The molecule has 0 aliphatic carbocycles. The topological polar surface area (TPSA) is 66.4 Å². The van der Waals surface area contributed by atoms with E-state index >= 15 is 0 Å². The van der Waals surface area contributed by atoms with E-state index < -0.39 is 21.7 Å². The number of thiophene rings is 1. The molecular weight excluding hydrogens is 456 g/mol. The molecule has 0 atom stereocenters. The lowest BCUT2D eigenvalue weighted by molar-refractivity contribution is 0.285. The van der Waals surface area contributed by atoms with Crippen molar-refractivity contribution in [3.63, 3.8) is 0 Å². The van der Waals surface area contributed by atoms with Gasteiger partial charge in [0.05, 0.1) is 16.1 Å². The van der Waals surface area contributed by atoms with Gasteiger partial charge >= 0.3 is 0 Å². The summed E-state index contributed by atoms with van der Waals surface area (Å²) in [5, 5.41) is 9.01. The van der Waals surface area contributed by atoms with E-state index in [1.807, 2.05) is 0 Å². The van der Waals surface area contributed by atoms with Crippen LogP contribution >= 0.6 is 43.2 Å². The molecular formula is C11H7Br2F2NO3S2. The SMILES string of the molecule is O=S(=O)(Nc1c(F)cc(F)cc1Br)c1cc(CO)sc1Br. The zero-order chi connectivity index (χ0) is 15.8. The van der Waals surface area contributed by atoms with Gasteiger partial charge in [-0.05, 0) is 44.0 Å². The van der Waals surface area contributed by atoms with Gasteiger partial charge in [-0.15, -0.1) is 11.3 Å². The second kappa shape index (κ2) is 6.29. The largest absolute Gasteiger partial charge is 0.391 e. The van der Waals surface area contributed by atoms with Crippen LogP contribution in [-0.2, 0) is 16.6 Å². The number of nitrogens with one attached hydrogen (secondary N) is 1. The van der Waals surface area contributed by atoms with Gasteiger partial charge in [0, 0.05) is 15.4 Å². The van der Waals surface area contributed by atoms with Gasteiger partial charge in [-0.1, -0.05) is 0 Å². The fourth-order valence-corrected chi connectivity index (χ4v) is 5.76. The van der Waals surface area contributed by atoms with Crippen LogP contribution in [0.15, 0.2) is 31.4 Å². The van der Waals surface area contributed by atoms with Crippen LogP contribution < -0.4 is 4.72 Å². The molecule has 0 spiro atoms. The van der Waals surface area contributed by atoms with E-state index in [9.17, 15) is 17.2 Å². The van der Waals surface area contributed by atoms with Crippen LogP contribution in [-0.4, -0.2) is 13.5 Å². The number of sulfonamides is 1. The molecule has 0 unspecified atom stereocenters. The quantitative estimate of drug-likeness (QED) is 0.725. The predicted octanol–water partition coefficient (Wildman–Crippen LogP) is 3.84. The van der Waals surface area contributed by atoms with Gasteiger partial charge < -0.3 is 5.11 Å². The van der Waals surface area contributed by atoms with Crippen molar-refractivity contribution in [3.05, 3.63) is 43.0 Å². The number of hydrogen-bond acceptors (Lipinski definition) is 4. The van der Waals surface area contributed by atoms with E-state index in [-0.39, 0.29) is 25.4 Å². The second-order valence-corrected chi connectivity index (χ2v) is 8.82. The second-order valence-electron chi connectivity index (χ2n) is 3.86. The predicted molar refractivity (Wildman–Crippen MR) is 82.8 cm³/mol. The number of hydrogen-bond donors (Lipinski definition) is 2. The number of halogens is 4. The average molecular weight is 463 g/mol. The van der Waals surface area contributed by atoms with Crippen LogP contribution in [0, 0.1) is 11.6 Å². The molecule has 0 amide bonds. The lowest BCUT2D eigenvalue weighted by Gasteiger charge is -2.10. The number of benzene rings is 1. The Balaban J connectivity index is 2.44. The first-order chi connectivity index (χ1) is 9.74. The summed E-state index contributed by atoms with van der Waals surface area (Å²) in [4.78, 5) is 0.299. The Hall–Kier alpha value is -0.550. The first-order valence-electron chi connectivity index (χ1n) is 5.31. The Labute approximate surface area is 140 Å². The molecule has 10 heteroatoms. The van der Waals surface area contributed by atoms with Gasteiger partial charge in [-0.3, -0.25) is 4.72 Å². The molecule has 0 aliphatic rings. The Morgan fingerprint density at radius 3 is 2.43 bits per heavy atom. The first-order valence-corrected chi connectivity index (χ1v) is 9.19. The van der Waals surface area contributed by atoms with Crippen LogP contribution in [0.3, 0.4) is 0 Å². The normalized spacial score (nSPS) is 11.7. The maximum absolute atomic E-state index is 13.7. The number of aliphatic hydroxyl groups excluding tert-OH is 1. The Kier molecular flexibility index (Phi) is 5.03. The highest BCUT2D eigenvalue weighted by Gasteiger charge is 2.23. The minimum absolute atomic E-state index is 0.0580. The molecule has 114 valence electrons. The average Bonchev–Trinajstić information content (AvgIpc) is 2.76. The van der Waals surface area contributed by atoms with Gasteiger partial charge in [0.1, 0.15) is 10.7 Å². The zero-order valence-electron chi connectivity index (χ0n) is 10.0. The lowest BCUT2D eigenvalue weighted by atomic mass is 10.3. The molecule has 0 saturated carbocycles. The summed E-state index contributed by atoms with van der Waals surface area (Å²) in [6.45, 7) is -0.312. The first kappa shape index (κ1) is 16.8. The van der Waals surface area contributed by atoms with Crippen molar-refractivity contribution >= 4 is 58.9 Å². The number of rotatable bonds is 4. The summed E-state index contributed by atoms with van der Waals surface area (Å²) in [7, 11) is -4.08. The highest BCUT2D eigenvalue weighted by Crippen LogP contribution is 2.35. The van der Waals surface area contributed by atoms with Crippen molar-refractivity contribution < 1.29 is 22.3 Å². The standard InChI is InChI=1S/C11H7Br2F2NO3S2/c12-7-1-5(14)2-8(15)10(7)16-21(18,19)9-3-6(4-17)20-11(9)13/h1-3,16-17H,4H2. The molecule has 1 aromatic carbocycles. The van der Waals surface area contributed by atoms with Crippen LogP contribution in [0.5, 0.6) is 0 Å². The maximum atomic E-state index is 13.7. The summed E-state index contributed by atoms with van der Waals surface area (Å²) < 4.78 is 53.4. The monoisotopic (exact) mass is 461 g/mol. The van der Waals surface area contributed by atoms with E-state index in [0.29, 0.717) is 10.9 Å². The molecule has 0 radical (unpaired) electrons. The molecule has 0 bridgehead atoms. The van der Waals surface area contributed by atoms with Crippen molar-refractivity contribution in [2.45, 2.75) is 11.5 Å². The smallest absolute Gasteiger partial charge is 0.264 e. The van der Waals surface area contributed by atoms with Crippen molar-refractivity contribution in [3.8, 4) is 0 Å². The van der Waals surface area contributed by atoms with Crippen LogP contribution in [0.25, 0.3) is 0 Å². The third-order valence-corrected chi connectivity index (χ3v) is 6.61. The van der Waals surface area contributed by atoms with Gasteiger partial charge in [0.25, 0.3) is 10.0 Å². The molecule has 0 fully saturated rings. The van der Waals surface area contributed by atoms with E-state index in [0.717, 1.165) is 17.4 Å². The molecule has 1 heterocycles. The van der Waals surface area contributed by atoms with Crippen molar-refractivity contribution in [2.24, 2.45) is 0 Å². The summed E-state index contributed by atoms with van der Waals surface area (Å²) in [6.07, 6.45) is 0. The fourth-order valence-electron chi connectivity index (χ4n) is 1.49. The molecule has 2 aromatic rings. The summed E-state index contributed by atoms with van der Waals surface area (Å²) in [5.74, 6) is -1.87. The Morgan fingerprint density at radius 1 is 1.24 bits per heavy atom. The molecule has 1 aromatic heterocycles. The van der Waals surface area contributed by atoms with Crippen LogP contribution in [0.1, 0.15) is 4.88 Å². The Morgan fingerprint density at radius 2 is 1.90 bits per heavy atom. The van der Waals surface area contributed by atoms with Crippen molar-refractivity contribution in [1.29, 1.82) is 0 Å².